The fourth-order valence-electron chi connectivity index (χ4n) is 1.11. The Balaban J connectivity index is 4.35. The summed E-state index contributed by atoms with van der Waals surface area (Å²) in [4.78, 5) is 35.0. The van der Waals surface area contributed by atoms with Gasteiger partial charge in [-0.3, -0.25) is 19.3 Å². The largest absolute Gasteiger partial charge is 0.468 e. The molecule has 0 radical (unpaired) electrons. The normalized spacial score (nSPS) is 9.72. The molecule has 0 unspecified atom stereocenters. The first kappa shape index (κ1) is 16.1. The van der Waals surface area contributed by atoms with Gasteiger partial charge in [0.1, 0.15) is 0 Å². The van der Waals surface area contributed by atoms with Crippen molar-refractivity contribution in [2.75, 3.05) is 40.4 Å². The smallest absolute Gasteiger partial charge is 0.319 e. The lowest BCUT2D eigenvalue weighted by atomic mass is 10.4. The fraction of sp³-hybridized carbons (Fsp3) is 0.545. The summed E-state index contributed by atoms with van der Waals surface area (Å²) < 4.78 is 8.96. The summed E-state index contributed by atoms with van der Waals surface area (Å²) in [5.74, 6) is -1.38. The molecule has 0 aromatic carbocycles. The number of esters is 2. The molecule has 0 rings (SSSR count). The second-order valence-electron chi connectivity index (χ2n) is 3.39. The number of nitrogens with one attached hydrogen (secondary N) is 1. The first-order chi connectivity index (χ1) is 8.53. The lowest BCUT2D eigenvalue weighted by Gasteiger charge is -2.18. The van der Waals surface area contributed by atoms with Crippen LogP contribution < -0.4 is 5.32 Å². The van der Waals surface area contributed by atoms with E-state index in [0.717, 1.165) is 0 Å². The average molecular weight is 258 g/mol. The molecule has 0 saturated heterocycles. The van der Waals surface area contributed by atoms with Crippen molar-refractivity contribution in [2.24, 2.45) is 0 Å². The number of carbonyl (C=O) groups is 3. The van der Waals surface area contributed by atoms with E-state index in [1.54, 1.807) is 0 Å². The van der Waals surface area contributed by atoms with Crippen molar-refractivity contribution in [3.05, 3.63) is 12.7 Å². The van der Waals surface area contributed by atoms with Crippen LogP contribution in [0.25, 0.3) is 0 Å². The van der Waals surface area contributed by atoms with E-state index >= 15 is 0 Å². The molecule has 0 atom stereocenters. The molecule has 18 heavy (non-hydrogen) atoms. The van der Waals surface area contributed by atoms with Crippen LogP contribution in [0.2, 0.25) is 0 Å². The number of rotatable bonds is 8. The van der Waals surface area contributed by atoms with Gasteiger partial charge in [0.2, 0.25) is 5.91 Å². The van der Waals surface area contributed by atoms with E-state index < -0.39 is 11.9 Å². The van der Waals surface area contributed by atoms with Crippen LogP contribution in [0.15, 0.2) is 12.7 Å². The minimum Gasteiger partial charge on any atom is -0.468 e. The molecular formula is C11H18N2O5. The maximum atomic E-state index is 11.4. The van der Waals surface area contributed by atoms with Crippen LogP contribution in [-0.4, -0.2) is 63.1 Å². The molecule has 0 bridgehead atoms. The minimum absolute atomic E-state index is 0.0992. The number of amides is 1. The number of carbonyl (C=O) groups excluding carboxylic acids is 3. The van der Waals surface area contributed by atoms with Crippen molar-refractivity contribution in [1.29, 1.82) is 0 Å². The first-order valence-corrected chi connectivity index (χ1v) is 5.27. The summed E-state index contributed by atoms with van der Waals surface area (Å²) in [5, 5.41) is 2.54. The Morgan fingerprint density at radius 2 is 1.61 bits per heavy atom. The first-order valence-electron chi connectivity index (χ1n) is 5.27. The molecule has 0 aliphatic carbocycles. The van der Waals surface area contributed by atoms with Gasteiger partial charge in [0.25, 0.3) is 0 Å². The molecule has 0 fully saturated rings. The van der Waals surface area contributed by atoms with Gasteiger partial charge in [-0.2, -0.15) is 0 Å². The van der Waals surface area contributed by atoms with Crippen molar-refractivity contribution in [3.63, 3.8) is 0 Å². The Kier molecular flexibility index (Phi) is 8.21. The molecular weight excluding hydrogens is 240 g/mol. The van der Waals surface area contributed by atoms with Gasteiger partial charge in [0, 0.05) is 6.54 Å². The lowest BCUT2D eigenvalue weighted by molar-refractivity contribution is -0.146. The summed E-state index contributed by atoms with van der Waals surface area (Å²) in [6.45, 7) is 3.36. The van der Waals surface area contributed by atoms with Crippen molar-refractivity contribution >= 4 is 17.8 Å². The average Bonchev–Trinajstić information content (AvgIpc) is 2.35. The van der Waals surface area contributed by atoms with Crippen LogP contribution in [0.3, 0.4) is 0 Å². The molecule has 0 aromatic heterocycles. The summed E-state index contributed by atoms with van der Waals surface area (Å²) in [7, 11) is 2.47. The summed E-state index contributed by atoms with van der Waals surface area (Å²) >= 11 is 0. The zero-order valence-electron chi connectivity index (χ0n) is 10.6. The Morgan fingerprint density at radius 1 is 1.11 bits per heavy atom. The van der Waals surface area contributed by atoms with E-state index in [2.05, 4.69) is 21.4 Å². The van der Waals surface area contributed by atoms with Crippen molar-refractivity contribution < 1.29 is 23.9 Å². The number of ether oxygens (including phenoxy) is 2. The highest BCUT2D eigenvalue weighted by atomic mass is 16.5. The highest BCUT2D eigenvalue weighted by molar-refractivity contribution is 5.81. The molecule has 7 heteroatoms. The second kappa shape index (κ2) is 9.17. The Hall–Kier alpha value is -1.89. The molecule has 0 aliphatic rings. The van der Waals surface area contributed by atoms with E-state index in [9.17, 15) is 14.4 Å². The van der Waals surface area contributed by atoms with Crippen molar-refractivity contribution in [2.45, 2.75) is 0 Å². The highest BCUT2D eigenvalue weighted by Crippen LogP contribution is 1.91. The van der Waals surface area contributed by atoms with Crippen LogP contribution in [0.1, 0.15) is 0 Å². The zero-order valence-corrected chi connectivity index (χ0v) is 10.6. The van der Waals surface area contributed by atoms with Crippen LogP contribution >= 0.6 is 0 Å². The van der Waals surface area contributed by atoms with Crippen LogP contribution in [0.5, 0.6) is 0 Å². The maximum Gasteiger partial charge on any atom is 0.319 e. The SMILES string of the molecule is C=CCNC(=O)CN(CC(=O)OC)CC(=O)OC. The van der Waals surface area contributed by atoms with Crippen LogP contribution in [0.4, 0.5) is 0 Å². The summed E-state index contributed by atoms with van der Waals surface area (Å²) in [6, 6.07) is 0. The van der Waals surface area contributed by atoms with Gasteiger partial charge in [0.05, 0.1) is 33.9 Å². The third-order valence-electron chi connectivity index (χ3n) is 1.97. The van der Waals surface area contributed by atoms with Crippen LogP contribution in [0, 0.1) is 0 Å². The lowest BCUT2D eigenvalue weighted by Crippen LogP contribution is -2.42. The molecule has 0 spiro atoms. The summed E-state index contributed by atoms with van der Waals surface area (Å²) in [6.07, 6.45) is 1.53. The molecule has 0 heterocycles. The van der Waals surface area contributed by atoms with E-state index in [1.807, 2.05) is 0 Å². The molecule has 0 aromatic rings. The maximum absolute atomic E-state index is 11.4. The Bertz CT molecular complexity index is 299. The predicted octanol–water partition coefficient (Wildman–Crippen LogP) is -1.06. The molecule has 1 amide bonds. The minimum atomic E-state index is -0.532. The van der Waals surface area contributed by atoms with E-state index in [-0.39, 0.29) is 25.5 Å². The van der Waals surface area contributed by atoms with Gasteiger partial charge >= 0.3 is 11.9 Å². The van der Waals surface area contributed by atoms with Gasteiger partial charge in [-0.1, -0.05) is 6.08 Å². The van der Waals surface area contributed by atoms with Crippen molar-refractivity contribution in [1.82, 2.24) is 10.2 Å². The molecule has 0 saturated carbocycles. The third-order valence-corrected chi connectivity index (χ3v) is 1.97. The third kappa shape index (κ3) is 7.39. The second-order valence-corrected chi connectivity index (χ2v) is 3.39. The molecule has 1 N–H and O–H groups in total. The Labute approximate surface area is 106 Å². The summed E-state index contributed by atoms with van der Waals surface area (Å²) in [5.41, 5.74) is 0. The van der Waals surface area contributed by atoms with Crippen molar-refractivity contribution in [3.8, 4) is 0 Å². The number of hydrogen-bond acceptors (Lipinski definition) is 6. The quantitative estimate of drug-likeness (QED) is 0.441. The van der Waals surface area contributed by atoms with Gasteiger partial charge in [-0.05, 0) is 0 Å². The topological polar surface area (TPSA) is 84.9 Å². The number of hydrogen-bond donors (Lipinski definition) is 1. The number of nitrogens with zero attached hydrogens (tertiary/aromatic N) is 1. The molecule has 7 nitrogen and oxygen atoms in total. The Morgan fingerprint density at radius 3 is 2.00 bits per heavy atom. The number of methoxy groups -OCH3 is 2. The molecule has 102 valence electrons. The van der Waals surface area contributed by atoms with Gasteiger partial charge in [-0.25, -0.2) is 0 Å². The van der Waals surface area contributed by atoms with Gasteiger partial charge < -0.3 is 14.8 Å². The predicted molar refractivity (Wildman–Crippen MR) is 63.7 cm³/mol. The highest BCUT2D eigenvalue weighted by Gasteiger charge is 2.18. The van der Waals surface area contributed by atoms with E-state index in [4.69, 9.17) is 0 Å². The zero-order chi connectivity index (χ0) is 14.0. The van der Waals surface area contributed by atoms with Gasteiger partial charge in [-0.15, -0.1) is 6.58 Å². The van der Waals surface area contributed by atoms with E-state index in [1.165, 1.54) is 25.2 Å². The van der Waals surface area contributed by atoms with Gasteiger partial charge in [0.15, 0.2) is 0 Å². The fourth-order valence-corrected chi connectivity index (χ4v) is 1.11. The van der Waals surface area contributed by atoms with E-state index in [0.29, 0.717) is 6.54 Å². The monoisotopic (exact) mass is 258 g/mol. The standard InChI is InChI=1S/C11H18N2O5/c1-4-5-12-9(14)6-13(7-10(15)17-2)8-11(16)18-3/h4H,1,5-8H2,2-3H3,(H,12,14). The molecule has 0 aliphatic heterocycles. The van der Waals surface area contributed by atoms with Crippen LogP contribution in [-0.2, 0) is 23.9 Å².